The van der Waals surface area contributed by atoms with Crippen molar-refractivity contribution < 1.29 is 4.74 Å². The quantitative estimate of drug-likeness (QED) is 0.633. The molecular formula is C12H23NO. The lowest BCUT2D eigenvalue weighted by Gasteiger charge is -2.23. The third-order valence-corrected chi connectivity index (χ3v) is 2.75. The highest BCUT2D eigenvalue weighted by atomic mass is 16.5. The van der Waals surface area contributed by atoms with Crippen LogP contribution in [0.25, 0.3) is 0 Å². The van der Waals surface area contributed by atoms with Crippen LogP contribution >= 0.6 is 0 Å². The van der Waals surface area contributed by atoms with Gasteiger partial charge in [0.15, 0.2) is 0 Å². The van der Waals surface area contributed by atoms with Crippen molar-refractivity contribution >= 4 is 0 Å². The van der Waals surface area contributed by atoms with Gasteiger partial charge in [-0.05, 0) is 38.6 Å². The standard InChI is InChI=1S/C12H23NO/c1-3-5-7-11(13-9-4-2)12-8-6-10-14-12/h3,11-13H,1,4-10H2,2H3. The molecule has 1 aliphatic rings. The van der Waals surface area contributed by atoms with Crippen molar-refractivity contribution in [3.8, 4) is 0 Å². The molecule has 0 radical (unpaired) electrons. The van der Waals surface area contributed by atoms with Crippen molar-refractivity contribution in [1.29, 1.82) is 0 Å². The normalized spacial score (nSPS) is 23.6. The third kappa shape index (κ3) is 3.81. The molecule has 2 unspecified atom stereocenters. The van der Waals surface area contributed by atoms with Gasteiger partial charge in [-0.3, -0.25) is 0 Å². The van der Waals surface area contributed by atoms with Crippen LogP contribution in [0.5, 0.6) is 0 Å². The summed E-state index contributed by atoms with van der Waals surface area (Å²) in [6.07, 6.45) is 8.32. The van der Waals surface area contributed by atoms with Gasteiger partial charge in [-0.1, -0.05) is 13.0 Å². The summed E-state index contributed by atoms with van der Waals surface area (Å²) in [5.41, 5.74) is 0. The molecular weight excluding hydrogens is 174 g/mol. The molecule has 2 heteroatoms. The summed E-state index contributed by atoms with van der Waals surface area (Å²) < 4.78 is 5.71. The smallest absolute Gasteiger partial charge is 0.0728 e. The Kier molecular flexibility index (Phi) is 5.88. The van der Waals surface area contributed by atoms with Crippen LogP contribution in [0, 0.1) is 0 Å². The summed E-state index contributed by atoms with van der Waals surface area (Å²) in [6.45, 7) is 8.02. The fraction of sp³-hybridized carbons (Fsp3) is 0.833. The largest absolute Gasteiger partial charge is 0.377 e. The van der Waals surface area contributed by atoms with Gasteiger partial charge < -0.3 is 10.1 Å². The average Bonchev–Trinajstić information content (AvgIpc) is 2.71. The highest BCUT2D eigenvalue weighted by Crippen LogP contribution is 2.18. The van der Waals surface area contributed by atoms with E-state index in [1.54, 1.807) is 0 Å². The van der Waals surface area contributed by atoms with Gasteiger partial charge in [0.2, 0.25) is 0 Å². The summed E-state index contributed by atoms with van der Waals surface area (Å²) in [6, 6.07) is 0.537. The van der Waals surface area contributed by atoms with E-state index in [9.17, 15) is 0 Å². The highest BCUT2D eigenvalue weighted by Gasteiger charge is 2.24. The molecule has 14 heavy (non-hydrogen) atoms. The van der Waals surface area contributed by atoms with E-state index in [2.05, 4.69) is 18.8 Å². The molecule has 82 valence electrons. The van der Waals surface area contributed by atoms with Gasteiger partial charge in [-0.2, -0.15) is 0 Å². The lowest BCUT2D eigenvalue weighted by Crippen LogP contribution is -2.39. The Labute approximate surface area is 87.7 Å². The zero-order valence-corrected chi connectivity index (χ0v) is 9.30. The third-order valence-electron chi connectivity index (χ3n) is 2.75. The molecule has 0 amide bonds. The van der Waals surface area contributed by atoms with Gasteiger partial charge in [0.25, 0.3) is 0 Å². The summed E-state index contributed by atoms with van der Waals surface area (Å²) in [5, 5.41) is 3.57. The topological polar surface area (TPSA) is 21.3 Å². The molecule has 0 aromatic rings. The molecule has 1 saturated heterocycles. The number of allylic oxidation sites excluding steroid dienone is 1. The van der Waals surface area contributed by atoms with E-state index in [0.717, 1.165) is 26.0 Å². The Morgan fingerprint density at radius 2 is 2.50 bits per heavy atom. The van der Waals surface area contributed by atoms with Crippen molar-refractivity contribution in [2.24, 2.45) is 0 Å². The van der Waals surface area contributed by atoms with Gasteiger partial charge in [0, 0.05) is 12.6 Å². The maximum absolute atomic E-state index is 5.71. The first kappa shape index (κ1) is 11.7. The highest BCUT2D eigenvalue weighted by molar-refractivity contribution is 4.82. The minimum Gasteiger partial charge on any atom is -0.377 e. The minimum absolute atomic E-state index is 0.446. The zero-order chi connectivity index (χ0) is 10.2. The molecule has 1 aliphatic heterocycles. The minimum atomic E-state index is 0.446. The van der Waals surface area contributed by atoms with Crippen LogP contribution in [0.3, 0.4) is 0 Å². The number of rotatable bonds is 7. The Morgan fingerprint density at radius 1 is 1.64 bits per heavy atom. The van der Waals surface area contributed by atoms with Crippen molar-refractivity contribution in [1.82, 2.24) is 5.32 Å². The van der Waals surface area contributed by atoms with E-state index in [-0.39, 0.29) is 0 Å². The summed E-state index contributed by atoms with van der Waals surface area (Å²) >= 11 is 0. The predicted octanol–water partition coefficient (Wildman–Crippen LogP) is 2.50. The van der Waals surface area contributed by atoms with E-state index in [0.29, 0.717) is 12.1 Å². The fourth-order valence-electron chi connectivity index (χ4n) is 1.97. The first-order valence-electron chi connectivity index (χ1n) is 5.84. The Hall–Kier alpha value is -0.340. The second kappa shape index (κ2) is 7.02. The van der Waals surface area contributed by atoms with Gasteiger partial charge in [-0.25, -0.2) is 0 Å². The Morgan fingerprint density at radius 3 is 3.07 bits per heavy atom. The first-order chi connectivity index (χ1) is 6.88. The Balaban J connectivity index is 2.29. The number of nitrogens with one attached hydrogen (secondary N) is 1. The van der Waals surface area contributed by atoms with E-state index in [1.165, 1.54) is 19.3 Å². The van der Waals surface area contributed by atoms with Crippen LogP contribution in [0.2, 0.25) is 0 Å². The van der Waals surface area contributed by atoms with Crippen LogP contribution in [0.1, 0.15) is 39.0 Å². The van der Waals surface area contributed by atoms with Crippen molar-refractivity contribution in [3.05, 3.63) is 12.7 Å². The lowest BCUT2D eigenvalue weighted by atomic mass is 10.0. The molecule has 0 saturated carbocycles. The van der Waals surface area contributed by atoms with Gasteiger partial charge in [-0.15, -0.1) is 6.58 Å². The Bertz CT molecular complexity index is 152. The van der Waals surface area contributed by atoms with Gasteiger partial charge in [0.05, 0.1) is 6.10 Å². The monoisotopic (exact) mass is 197 g/mol. The molecule has 0 bridgehead atoms. The predicted molar refractivity (Wildman–Crippen MR) is 60.5 cm³/mol. The van der Waals surface area contributed by atoms with Crippen LogP contribution in [-0.2, 0) is 4.74 Å². The molecule has 1 fully saturated rings. The molecule has 2 atom stereocenters. The SMILES string of the molecule is C=CCCC(NCCC)C1CCCO1. The molecule has 1 heterocycles. The van der Waals surface area contributed by atoms with Crippen LogP contribution in [0.15, 0.2) is 12.7 Å². The molecule has 2 nitrogen and oxygen atoms in total. The van der Waals surface area contributed by atoms with Crippen LogP contribution in [0.4, 0.5) is 0 Å². The van der Waals surface area contributed by atoms with Crippen LogP contribution < -0.4 is 5.32 Å². The first-order valence-corrected chi connectivity index (χ1v) is 5.84. The second-order valence-corrected chi connectivity index (χ2v) is 3.98. The van der Waals surface area contributed by atoms with Gasteiger partial charge in [0.1, 0.15) is 0 Å². The molecule has 0 aliphatic carbocycles. The van der Waals surface area contributed by atoms with E-state index in [4.69, 9.17) is 4.74 Å². The van der Waals surface area contributed by atoms with E-state index in [1.807, 2.05) is 6.08 Å². The van der Waals surface area contributed by atoms with E-state index >= 15 is 0 Å². The fourth-order valence-corrected chi connectivity index (χ4v) is 1.97. The van der Waals surface area contributed by atoms with Crippen molar-refractivity contribution in [2.75, 3.05) is 13.2 Å². The van der Waals surface area contributed by atoms with E-state index < -0.39 is 0 Å². The van der Waals surface area contributed by atoms with Gasteiger partial charge >= 0.3 is 0 Å². The second-order valence-electron chi connectivity index (χ2n) is 3.98. The summed E-state index contributed by atoms with van der Waals surface area (Å²) in [7, 11) is 0. The lowest BCUT2D eigenvalue weighted by molar-refractivity contribution is 0.0759. The summed E-state index contributed by atoms with van der Waals surface area (Å²) in [4.78, 5) is 0. The summed E-state index contributed by atoms with van der Waals surface area (Å²) in [5.74, 6) is 0. The maximum atomic E-state index is 5.71. The number of hydrogen-bond donors (Lipinski definition) is 1. The molecule has 1 rings (SSSR count). The maximum Gasteiger partial charge on any atom is 0.0728 e. The number of hydrogen-bond acceptors (Lipinski definition) is 2. The molecule has 0 aromatic carbocycles. The van der Waals surface area contributed by atoms with Crippen molar-refractivity contribution in [2.45, 2.75) is 51.2 Å². The van der Waals surface area contributed by atoms with Crippen molar-refractivity contribution in [3.63, 3.8) is 0 Å². The molecule has 0 spiro atoms. The zero-order valence-electron chi connectivity index (χ0n) is 9.30. The number of ether oxygens (including phenoxy) is 1. The van der Waals surface area contributed by atoms with Crippen LogP contribution in [-0.4, -0.2) is 25.3 Å². The molecule has 1 N–H and O–H groups in total. The molecule has 0 aromatic heterocycles. The average molecular weight is 197 g/mol.